The van der Waals surface area contributed by atoms with Crippen LogP contribution in [0.2, 0.25) is 0 Å². The highest BCUT2D eigenvalue weighted by Gasteiger charge is 2.70. The van der Waals surface area contributed by atoms with Crippen molar-refractivity contribution in [1.82, 2.24) is 0 Å². The number of rotatable bonds is 2. The second-order valence-electron chi connectivity index (χ2n) is 5.31. The first-order chi connectivity index (χ1) is 6.99. The first-order valence-corrected chi connectivity index (χ1v) is 5.71. The summed E-state index contributed by atoms with van der Waals surface area (Å²) in [6.07, 6.45) is 7.98. The molecule has 0 aromatic carbocycles. The highest BCUT2D eigenvalue weighted by molar-refractivity contribution is 5.44. The summed E-state index contributed by atoms with van der Waals surface area (Å²) >= 11 is 0. The van der Waals surface area contributed by atoms with E-state index in [0.29, 0.717) is 10.8 Å². The molecule has 3 atom stereocenters. The van der Waals surface area contributed by atoms with E-state index >= 15 is 0 Å². The topological polar surface area (TPSA) is 0 Å². The maximum Gasteiger partial charge on any atom is 0.00559 e. The van der Waals surface area contributed by atoms with E-state index in [1.807, 2.05) is 0 Å². The third-order valence-electron chi connectivity index (χ3n) is 4.94. The van der Waals surface area contributed by atoms with Crippen molar-refractivity contribution in [2.75, 3.05) is 0 Å². The molecule has 15 heavy (non-hydrogen) atoms. The highest BCUT2D eigenvalue weighted by Crippen LogP contribution is 2.76. The van der Waals surface area contributed by atoms with Crippen molar-refractivity contribution < 1.29 is 0 Å². The summed E-state index contributed by atoms with van der Waals surface area (Å²) in [6, 6.07) is 0. The third kappa shape index (κ3) is 1.09. The van der Waals surface area contributed by atoms with Crippen molar-refractivity contribution in [3.05, 3.63) is 41.7 Å². The molecule has 0 heterocycles. The van der Waals surface area contributed by atoms with Crippen molar-refractivity contribution in [1.29, 1.82) is 0 Å². The first kappa shape index (κ1) is 10.5. The van der Waals surface area contributed by atoms with Gasteiger partial charge in [-0.05, 0) is 31.8 Å². The van der Waals surface area contributed by atoms with Gasteiger partial charge in [0, 0.05) is 10.8 Å². The van der Waals surface area contributed by atoms with E-state index in [2.05, 4.69) is 58.2 Å². The van der Waals surface area contributed by atoms with E-state index in [0.717, 1.165) is 12.3 Å². The second kappa shape index (κ2) is 3.00. The number of hydrogen-bond donors (Lipinski definition) is 0. The van der Waals surface area contributed by atoms with Gasteiger partial charge in [0.1, 0.15) is 0 Å². The Kier molecular flexibility index (Phi) is 2.10. The Morgan fingerprint density at radius 3 is 2.87 bits per heavy atom. The van der Waals surface area contributed by atoms with Crippen LogP contribution in [0.25, 0.3) is 0 Å². The molecule has 0 amide bonds. The van der Waals surface area contributed by atoms with E-state index in [-0.39, 0.29) is 0 Å². The lowest BCUT2D eigenvalue weighted by Crippen LogP contribution is -2.13. The molecule has 0 N–H and O–H groups in total. The molecule has 0 spiro atoms. The van der Waals surface area contributed by atoms with Crippen LogP contribution < -0.4 is 0 Å². The van der Waals surface area contributed by atoms with Gasteiger partial charge in [-0.2, -0.15) is 0 Å². The normalized spacial score (nSPS) is 41.6. The van der Waals surface area contributed by atoms with Gasteiger partial charge in [-0.1, -0.05) is 44.2 Å². The van der Waals surface area contributed by atoms with Crippen LogP contribution in [0.4, 0.5) is 0 Å². The van der Waals surface area contributed by atoms with E-state index in [1.165, 1.54) is 11.1 Å². The number of hydrogen-bond acceptors (Lipinski definition) is 0. The minimum Gasteiger partial charge on any atom is -0.130 e. The fourth-order valence-corrected chi connectivity index (χ4v) is 3.42. The molecule has 80 valence electrons. The van der Waals surface area contributed by atoms with Crippen LogP contribution in [-0.4, -0.2) is 0 Å². The first-order valence-electron chi connectivity index (χ1n) is 5.71. The zero-order valence-corrected chi connectivity index (χ0v) is 10.2. The molecule has 2 rings (SSSR count). The largest absolute Gasteiger partial charge is 0.130 e. The van der Waals surface area contributed by atoms with Gasteiger partial charge < -0.3 is 0 Å². The summed E-state index contributed by atoms with van der Waals surface area (Å²) in [5.41, 5.74) is 6.56. The lowest BCUT2D eigenvalue weighted by Gasteiger charge is -2.23. The Hall–Kier alpha value is -1.00. The van der Waals surface area contributed by atoms with Crippen LogP contribution in [0.15, 0.2) is 41.7 Å². The Bertz CT molecular complexity index is 404. The molecule has 3 unspecified atom stereocenters. The highest BCUT2D eigenvalue weighted by atomic mass is 14.7. The van der Waals surface area contributed by atoms with Gasteiger partial charge in [0.2, 0.25) is 0 Å². The van der Waals surface area contributed by atoms with E-state index in [9.17, 15) is 0 Å². The Morgan fingerprint density at radius 1 is 1.60 bits per heavy atom. The minimum atomic E-state index is 0.348. The summed E-state index contributed by atoms with van der Waals surface area (Å²) in [5, 5.41) is 0. The summed E-state index contributed by atoms with van der Waals surface area (Å²) in [7, 11) is 0. The minimum absolute atomic E-state index is 0.348. The molecule has 1 fully saturated rings. The molecule has 0 bridgehead atoms. The fourth-order valence-electron chi connectivity index (χ4n) is 3.42. The molecule has 0 aliphatic heterocycles. The maximum atomic E-state index is 3.74. The van der Waals surface area contributed by atoms with Gasteiger partial charge in [-0.15, -0.1) is 5.73 Å². The van der Waals surface area contributed by atoms with Crippen LogP contribution in [0, 0.1) is 16.7 Å². The van der Waals surface area contributed by atoms with Crippen molar-refractivity contribution in [3.8, 4) is 0 Å². The van der Waals surface area contributed by atoms with Crippen molar-refractivity contribution in [2.45, 2.75) is 34.1 Å². The molecule has 0 heteroatoms. The Morgan fingerprint density at radius 2 is 2.27 bits per heavy atom. The van der Waals surface area contributed by atoms with Gasteiger partial charge in [0.25, 0.3) is 0 Å². The zero-order valence-electron chi connectivity index (χ0n) is 10.2. The molecule has 0 aromatic rings. The molecule has 2 aliphatic rings. The van der Waals surface area contributed by atoms with Crippen molar-refractivity contribution in [3.63, 3.8) is 0 Å². The van der Waals surface area contributed by atoms with Crippen LogP contribution in [0.1, 0.15) is 34.1 Å². The van der Waals surface area contributed by atoms with E-state index in [1.54, 1.807) is 0 Å². The van der Waals surface area contributed by atoms with E-state index < -0.39 is 0 Å². The van der Waals surface area contributed by atoms with E-state index in [4.69, 9.17) is 0 Å². The maximum absolute atomic E-state index is 3.74. The summed E-state index contributed by atoms with van der Waals surface area (Å²) in [4.78, 5) is 0. The Balaban J connectivity index is 2.37. The predicted octanol–water partition coefficient (Wildman–Crippen LogP) is 4.27. The molecule has 0 aromatic heterocycles. The van der Waals surface area contributed by atoms with Crippen LogP contribution >= 0.6 is 0 Å². The molecule has 1 saturated carbocycles. The predicted molar refractivity (Wildman–Crippen MR) is 65.5 cm³/mol. The summed E-state index contributed by atoms with van der Waals surface area (Å²) < 4.78 is 0. The average Bonchev–Trinajstić information content (AvgIpc) is 2.69. The van der Waals surface area contributed by atoms with Crippen molar-refractivity contribution in [2.24, 2.45) is 16.7 Å². The average molecular weight is 200 g/mol. The quantitative estimate of drug-likeness (QED) is 0.584. The van der Waals surface area contributed by atoms with Gasteiger partial charge >= 0.3 is 0 Å². The molecule has 2 aliphatic carbocycles. The fraction of sp³-hybridized carbons (Fsp3) is 0.533. The summed E-state index contributed by atoms with van der Waals surface area (Å²) in [5.74, 6) is 0.739. The smallest absolute Gasteiger partial charge is 0.00559 e. The van der Waals surface area contributed by atoms with Crippen LogP contribution in [-0.2, 0) is 0 Å². The molecule has 0 saturated heterocycles. The molecule has 0 nitrogen and oxygen atoms in total. The molecular formula is C15H20. The molecule has 0 radical (unpaired) electrons. The van der Waals surface area contributed by atoms with Crippen molar-refractivity contribution >= 4 is 0 Å². The standard InChI is InChI=1S/C15H20/c1-6-11(2)10-15-9-7-8-12(3)14(15,5)13(15)4/h7-9,13H,1,10H2,2-5H3. The SMILES string of the molecule is C=C=C(C)CC12C=CC=C(C)C1(C)C2C. The van der Waals surface area contributed by atoms with Gasteiger partial charge in [-0.25, -0.2) is 0 Å². The lowest BCUT2D eigenvalue weighted by molar-refractivity contribution is 0.478. The zero-order chi connectivity index (χ0) is 11.3. The van der Waals surface area contributed by atoms with Gasteiger partial charge in [-0.3, -0.25) is 0 Å². The number of allylic oxidation sites excluding steroid dienone is 5. The Labute approximate surface area is 93.1 Å². The number of fused-ring (bicyclic) bond motifs is 1. The van der Waals surface area contributed by atoms with Gasteiger partial charge in [0.05, 0.1) is 0 Å². The lowest BCUT2D eigenvalue weighted by atomic mass is 9.81. The second-order valence-corrected chi connectivity index (χ2v) is 5.31. The van der Waals surface area contributed by atoms with Crippen LogP contribution in [0.5, 0.6) is 0 Å². The molecular weight excluding hydrogens is 180 g/mol. The van der Waals surface area contributed by atoms with Crippen LogP contribution in [0.3, 0.4) is 0 Å². The summed E-state index contributed by atoms with van der Waals surface area (Å²) in [6.45, 7) is 12.9. The van der Waals surface area contributed by atoms with Gasteiger partial charge in [0.15, 0.2) is 0 Å². The third-order valence-corrected chi connectivity index (χ3v) is 4.94. The monoisotopic (exact) mass is 200 g/mol.